The van der Waals surface area contributed by atoms with E-state index in [0.29, 0.717) is 23.5 Å². The van der Waals surface area contributed by atoms with E-state index < -0.39 is 18.0 Å². The Morgan fingerprint density at radius 1 is 1.21 bits per heavy atom. The SMILES string of the molecule is Cc1nc2nc(C(F)(F)F)nn2c(C)c1CCC(=O)OCC(=O)NCC(C)C. The number of carbonyl (C=O) groups is 2. The van der Waals surface area contributed by atoms with E-state index in [4.69, 9.17) is 4.74 Å². The van der Waals surface area contributed by atoms with Gasteiger partial charge in [0.05, 0.1) is 0 Å². The van der Waals surface area contributed by atoms with Crippen LogP contribution in [0.2, 0.25) is 0 Å². The molecular weight excluding hydrogens is 379 g/mol. The molecule has 8 nitrogen and oxygen atoms in total. The summed E-state index contributed by atoms with van der Waals surface area (Å²) >= 11 is 0. The van der Waals surface area contributed by atoms with E-state index in [1.165, 1.54) is 0 Å². The maximum atomic E-state index is 12.8. The van der Waals surface area contributed by atoms with E-state index in [1.807, 2.05) is 13.8 Å². The van der Waals surface area contributed by atoms with Gasteiger partial charge in [0.2, 0.25) is 0 Å². The van der Waals surface area contributed by atoms with Gasteiger partial charge in [-0.25, -0.2) is 9.50 Å². The number of nitrogens with zero attached hydrogens (tertiary/aromatic N) is 4. The summed E-state index contributed by atoms with van der Waals surface area (Å²) in [7, 11) is 0. The standard InChI is InChI=1S/C17H22F3N5O3/c1-9(2)7-21-13(26)8-28-14(27)6-5-12-10(3)22-16-23-15(17(18,19)20)24-25(16)11(12)4/h9H,5-8H2,1-4H3,(H,21,26). The highest BCUT2D eigenvalue weighted by Gasteiger charge is 2.36. The third-order valence-corrected chi connectivity index (χ3v) is 3.95. The number of aromatic nitrogens is 4. The Balaban J connectivity index is 2.02. The van der Waals surface area contributed by atoms with E-state index in [0.717, 1.165) is 4.52 Å². The van der Waals surface area contributed by atoms with Gasteiger partial charge in [-0.2, -0.15) is 18.2 Å². The Morgan fingerprint density at radius 3 is 2.50 bits per heavy atom. The number of amides is 1. The fourth-order valence-electron chi connectivity index (χ4n) is 2.50. The number of hydrogen-bond donors (Lipinski definition) is 1. The van der Waals surface area contributed by atoms with Crippen LogP contribution >= 0.6 is 0 Å². The molecule has 154 valence electrons. The van der Waals surface area contributed by atoms with Gasteiger partial charge in [0.15, 0.2) is 6.61 Å². The van der Waals surface area contributed by atoms with Gasteiger partial charge in [0.25, 0.3) is 17.5 Å². The third kappa shape index (κ3) is 5.40. The molecule has 0 aromatic carbocycles. The molecule has 0 bridgehead atoms. The topological polar surface area (TPSA) is 98.5 Å². The molecule has 28 heavy (non-hydrogen) atoms. The summed E-state index contributed by atoms with van der Waals surface area (Å²) in [5, 5.41) is 6.08. The summed E-state index contributed by atoms with van der Waals surface area (Å²) in [6.45, 7) is 7.19. The van der Waals surface area contributed by atoms with Crippen LogP contribution < -0.4 is 5.32 Å². The molecule has 2 rings (SSSR count). The number of alkyl halides is 3. The van der Waals surface area contributed by atoms with E-state index >= 15 is 0 Å². The van der Waals surface area contributed by atoms with Crippen molar-refractivity contribution in [3.8, 4) is 0 Å². The van der Waals surface area contributed by atoms with E-state index in [9.17, 15) is 22.8 Å². The zero-order valence-electron chi connectivity index (χ0n) is 16.1. The minimum absolute atomic E-state index is 0.0485. The fourth-order valence-corrected chi connectivity index (χ4v) is 2.50. The lowest BCUT2D eigenvalue weighted by Gasteiger charge is -2.11. The minimum atomic E-state index is -4.67. The molecule has 2 heterocycles. The molecule has 0 unspecified atom stereocenters. The number of esters is 1. The smallest absolute Gasteiger partial charge is 0.453 e. The second kappa shape index (κ2) is 8.53. The van der Waals surface area contributed by atoms with E-state index in [2.05, 4.69) is 20.4 Å². The molecule has 0 radical (unpaired) electrons. The Hall–Kier alpha value is -2.72. The molecule has 0 saturated heterocycles. The van der Waals surface area contributed by atoms with Crippen molar-refractivity contribution in [2.75, 3.05) is 13.2 Å². The Bertz CT molecular complexity index is 877. The van der Waals surface area contributed by atoms with Crippen molar-refractivity contribution in [1.29, 1.82) is 0 Å². The quantitative estimate of drug-likeness (QED) is 0.713. The van der Waals surface area contributed by atoms with E-state index in [-0.39, 0.29) is 37.1 Å². The lowest BCUT2D eigenvalue weighted by molar-refractivity contribution is -0.148. The third-order valence-electron chi connectivity index (χ3n) is 3.95. The molecule has 0 fully saturated rings. The summed E-state index contributed by atoms with van der Waals surface area (Å²) in [5.74, 6) is -2.13. The summed E-state index contributed by atoms with van der Waals surface area (Å²) in [5.41, 5.74) is 1.44. The molecular formula is C17H22F3N5O3. The fraction of sp³-hybridized carbons (Fsp3) is 0.588. The van der Waals surface area contributed by atoms with Gasteiger partial charge in [0, 0.05) is 24.4 Å². The first-order valence-electron chi connectivity index (χ1n) is 8.71. The van der Waals surface area contributed by atoms with Gasteiger partial charge in [-0.15, -0.1) is 5.10 Å². The van der Waals surface area contributed by atoms with E-state index in [1.54, 1.807) is 13.8 Å². The summed E-state index contributed by atoms with van der Waals surface area (Å²) in [6.07, 6.45) is -4.53. The predicted molar refractivity (Wildman–Crippen MR) is 92.4 cm³/mol. The molecule has 1 N–H and O–H groups in total. The van der Waals surface area contributed by atoms with Crippen LogP contribution in [-0.2, 0) is 26.9 Å². The average Bonchev–Trinajstić information content (AvgIpc) is 3.02. The zero-order chi connectivity index (χ0) is 21.1. The zero-order valence-corrected chi connectivity index (χ0v) is 16.1. The largest absolute Gasteiger partial charge is 0.456 e. The van der Waals surface area contributed by atoms with Crippen molar-refractivity contribution < 1.29 is 27.5 Å². The van der Waals surface area contributed by atoms with Crippen molar-refractivity contribution in [3.05, 3.63) is 22.8 Å². The first kappa shape index (κ1) is 21.6. The van der Waals surface area contributed by atoms with Crippen LogP contribution in [0.25, 0.3) is 5.78 Å². The number of aryl methyl sites for hydroxylation is 2. The monoisotopic (exact) mass is 401 g/mol. The Labute approximate surface area is 159 Å². The maximum absolute atomic E-state index is 12.8. The number of rotatable bonds is 7. The highest BCUT2D eigenvalue weighted by molar-refractivity contribution is 5.80. The van der Waals surface area contributed by atoms with Crippen molar-refractivity contribution >= 4 is 17.7 Å². The summed E-state index contributed by atoms with van der Waals surface area (Å²) in [4.78, 5) is 30.9. The number of carbonyl (C=O) groups excluding carboxylic acids is 2. The molecule has 2 aromatic heterocycles. The van der Waals surface area contributed by atoms with Crippen LogP contribution in [0.1, 0.15) is 43.0 Å². The number of halogens is 3. The van der Waals surface area contributed by atoms with Crippen molar-refractivity contribution in [2.24, 2.45) is 5.92 Å². The minimum Gasteiger partial charge on any atom is -0.456 e. The molecule has 0 aliphatic carbocycles. The number of ether oxygens (including phenoxy) is 1. The van der Waals surface area contributed by atoms with Crippen molar-refractivity contribution in [3.63, 3.8) is 0 Å². The highest BCUT2D eigenvalue weighted by Crippen LogP contribution is 2.27. The maximum Gasteiger partial charge on any atom is 0.453 e. The van der Waals surface area contributed by atoms with Crippen LogP contribution in [0.3, 0.4) is 0 Å². The molecule has 0 aliphatic heterocycles. The molecule has 0 saturated carbocycles. The predicted octanol–water partition coefficient (Wildman–Crippen LogP) is 2.01. The first-order valence-corrected chi connectivity index (χ1v) is 8.71. The highest BCUT2D eigenvalue weighted by atomic mass is 19.4. The van der Waals surface area contributed by atoms with Crippen LogP contribution in [0.15, 0.2) is 0 Å². The summed E-state index contributed by atoms with van der Waals surface area (Å²) in [6, 6.07) is 0. The Kier molecular flexibility index (Phi) is 6.57. The van der Waals surface area contributed by atoms with Gasteiger partial charge in [-0.3, -0.25) is 9.59 Å². The molecule has 1 amide bonds. The van der Waals surface area contributed by atoms with Gasteiger partial charge in [0.1, 0.15) is 0 Å². The Morgan fingerprint density at radius 2 is 1.89 bits per heavy atom. The molecule has 11 heteroatoms. The van der Waals surface area contributed by atoms with Gasteiger partial charge < -0.3 is 10.1 Å². The number of fused-ring (bicyclic) bond motifs is 1. The first-order chi connectivity index (χ1) is 13.0. The van der Waals surface area contributed by atoms with Gasteiger partial charge >= 0.3 is 12.1 Å². The second-order valence-electron chi connectivity index (χ2n) is 6.76. The van der Waals surface area contributed by atoms with Gasteiger partial charge in [-0.1, -0.05) is 13.8 Å². The molecule has 0 aliphatic rings. The average molecular weight is 401 g/mol. The lowest BCUT2D eigenvalue weighted by Crippen LogP contribution is -2.31. The van der Waals surface area contributed by atoms with Crippen LogP contribution in [0.4, 0.5) is 13.2 Å². The number of nitrogens with one attached hydrogen (secondary N) is 1. The van der Waals surface area contributed by atoms with Crippen molar-refractivity contribution in [1.82, 2.24) is 24.9 Å². The summed E-state index contributed by atoms with van der Waals surface area (Å²) < 4.78 is 44.3. The van der Waals surface area contributed by atoms with Crippen LogP contribution in [-0.4, -0.2) is 44.6 Å². The normalized spacial score (nSPS) is 11.9. The number of hydrogen-bond acceptors (Lipinski definition) is 6. The van der Waals surface area contributed by atoms with Gasteiger partial charge in [-0.05, 0) is 31.7 Å². The molecule has 0 atom stereocenters. The molecule has 2 aromatic rings. The molecule has 0 spiro atoms. The second-order valence-corrected chi connectivity index (χ2v) is 6.76. The lowest BCUT2D eigenvalue weighted by atomic mass is 10.1. The van der Waals surface area contributed by atoms with Crippen LogP contribution in [0.5, 0.6) is 0 Å². The van der Waals surface area contributed by atoms with Crippen molar-refractivity contribution in [2.45, 2.75) is 46.7 Å². The van der Waals surface area contributed by atoms with Crippen LogP contribution in [0, 0.1) is 19.8 Å².